The molecule has 0 saturated heterocycles. The van der Waals surface area contributed by atoms with Gasteiger partial charge < -0.3 is 10.1 Å². The molecule has 0 aromatic rings. The normalized spacial score (nSPS) is 25.4. The minimum absolute atomic E-state index is 0.0138. The van der Waals surface area contributed by atoms with Crippen LogP contribution >= 0.6 is 0 Å². The van der Waals surface area contributed by atoms with Gasteiger partial charge in [-0.3, -0.25) is 9.59 Å². The highest BCUT2D eigenvalue weighted by Crippen LogP contribution is 2.25. The second kappa shape index (κ2) is 6.30. The summed E-state index contributed by atoms with van der Waals surface area (Å²) < 4.78 is 4.71. The SMILES string of the molecule is C/C=C/C(=O)NC1CCC(C(=O)OC)CC1. The van der Waals surface area contributed by atoms with E-state index in [1.54, 1.807) is 6.08 Å². The lowest BCUT2D eigenvalue weighted by Gasteiger charge is -2.27. The molecule has 0 spiro atoms. The average Bonchev–Trinajstić information content (AvgIpc) is 2.29. The molecule has 1 rings (SSSR count). The third-order valence-corrected chi connectivity index (χ3v) is 2.93. The van der Waals surface area contributed by atoms with Gasteiger partial charge >= 0.3 is 5.97 Å². The van der Waals surface area contributed by atoms with Gasteiger partial charge in [0.05, 0.1) is 13.0 Å². The second-order valence-corrected chi connectivity index (χ2v) is 4.08. The Hall–Kier alpha value is -1.32. The number of nitrogens with one attached hydrogen (secondary N) is 1. The van der Waals surface area contributed by atoms with E-state index in [1.807, 2.05) is 6.92 Å². The van der Waals surface area contributed by atoms with Crippen molar-refractivity contribution in [3.05, 3.63) is 12.2 Å². The van der Waals surface area contributed by atoms with Crippen molar-refractivity contribution >= 4 is 11.9 Å². The Kier molecular flexibility index (Phi) is 5.02. The first-order valence-electron chi connectivity index (χ1n) is 5.68. The molecule has 0 heterocycles. The van der Waals surface area contributed by atoms with Crippen LogP contribution in [0.2, 0.25) is 0 Å². The first-order chi connectivity index (χ1) is 7.67. The van der Waals surface area contributed by atoms with Gasteiger partial charge in [-0.2, -0.15) is 0 Å². The van der Waals surface area contributed by atoms with Crippen molar-refractivity contribution in [3.8, 4) is 0 Å². The number of esters is 1. The standard InChI is InChI=1S/C12H19NO3/c1-3-4-11(14)13-10-7-5-9(6-8-10)12(15)16-2/h3-4,9-10H,5-8H2,1-2H3,(H,13,14)/b4-3+. The van der Waals surface area contributed by atoms with Crippen LogP contribution in [0.4, 0.5) is 0 Å². The van der Waals surface area contributed by atoms with E-state index in [0.717, 1.165) is 25.7 Å². The summed E-state index contributed by atoms with van der Waals surface area (Å²) in [5.41, 5.74) is 0. The summed E-state index contributed by atoms with van der Waals surface area (Å²) in [6, 6.07) is 0.199. The van der Waals surface area contributed by atoms with Crippen molar-refractivity contribution in [2.75, 3.05) is 7.11 Å². The number of carbonyl (C=O) groups is 2. The highest BCUT2D eigenvalue weighted by atomic mass is 16.5. The average molecular weight is 225 g/mol. The minimum Gasteiger partial charge on any atom is -0.469 e. The summed E-state index contributed by atoms with van der Waals surface area (Å²) in [6.45, 7) is 1.81. The predicted molar refractivity (Wildman–Crippen MR) is 60.7 cm³/mol. The van der Waals surface area contributed by atoms with Crippen molar-refractivity contribution in [3.63, 3.8) is 0 Å². The molecular formula is C12H19NO3. The van der Waals surface area contributed by atoms with Gasteiger partial charge in [0.1, 0.15) is 0 Å². The molecule has 1 aliphatic carbocycles. The summed E-state index contributed by atoms with van der Waals surface area (Å²) >= 11 is 0. The Morgan fingerprint density at radius 2 is 1.88 bits per heavy atom. The number of methoxy groups -OCH3 is 1. The van der Waals surface area contributed by atoms with Gasteiger partial charge in [-0.05, 0) is 38.7 Å². The Morgan fingerprint density at radius 3 is 2.38 bits per heavy atom. The summed E-state index contributed by atoms with van der Waals surface area (Å²) in [4.78, 5) is 22.6. The molecule has 1 saturated carbocycles. The molecule has 90 valence electrons. The van der Waals surface area contributed by atoms with Crippen molar-refractivity contribution in [2.24, 2.45) is 5.92 Å². The van der Waals surface area contributed by atoms with E-state index in [4.69, 9.17) is 4.74 Å². The lowest BCUT2D eigenvalue weighted by Crippen LogP contribution is -2.38. The summed E-state index contributed by atoms with van der Waals surface area (Å²) in [7, 11) is 1.42. The van der Waals surface area contributed by atoms with Crippen LogP contribution in [0.25, 0.3) is 0 Å². The van der Waals surface area contributed by atoms with Gasteiger partial charge in [0.2, 0.25) is 5.91 Å². The maximum Gasteiger partial charge on any atom is 0.308 e. The smallest absolute Gasteiger partial charge is 0.308 e. The maximum atomic E-state index is 11.3. The highest BCUT2D eigenvalue weighted by Gasteiger charge is 2.27. The molecule has 1 fully saturated rings. The number of allylic oxidation sites excluding steroid dienone is 1. The van der Waals surface area contributed by atoms with Crippen LogP contribution in [0.1, 0.15) is 32.6 Å². The van der Waals surface area contributed by atoms with E-state index >= 15 is 0 Å². The largest absolute Gasteiger partial charge is 0.469 e. The molecule has 1 aliphatic rings. The number of amides is 1. The molecule has 0 aromatic heterocycles. The van der Waals surface area contributed by atoms with Crippen molar-refractivity contribution in [1.29, 1.82) is 0 Å². The lowest BCUT2D eigenvalue weighted by molar-refractivity contribution is -0.146. The van der Waals surface area contributed by atoms with Crippen LogP contribution < -0.4 is 5.32 Å². The molecule has 0 atom stereocenters. The summed E-state index contributed by atoms with van der Waals surface area (Å²) in [6.07, 6.45) is 6.54. The van der Waals surface area contributed by atoms with Crippen LogP contribution in [0.5, 0.6) is 0 Å². The predicted octanol–water partition coefficient (Wildman–Crippen LogP) is 1.41. The molecule has 1 amide bonds. The zero-order valence-corrected chi connectivity index (χ0v) is 9.86. The Morgan fingerprint density at radius 1 is 1.25 bits per heavy atom. The Balaban J connectivity index is 2.32. The molecule has 4 heteroatoms. The molecule has 0 radical (unpaired) electrons. The number of rotatable bonds is 3. The third kappa shape index (κ3) is 3.68. The molecule has 0 bridgehead atoms. The van der Waals surface area contributed by atoms with E-state index in [1.165, 1.54) is 13.2 Å². The fourth-order valence-corrected chi connectivity index (χ4v) is 2.04. The fourth-order valence-electron chi connectivity index (χ4n) is 2.04. The molecule has 0 aliphatic heterocycles. The molecule has 16 heavy (non-hydrogen) atoms. The van der Waals surface area contributed by atoms with E-state index < -0.39 is 0 Å². The van der Waals surface area contributed by atoms with E-state index in [9.17, 15) is 9.59 Å². The van der Waals surface area contributed by atoms with Gasteiger partial charge in [0.15, 0.2) is 0 Å². The first kappa shape index (κ1) is 12.7. The van der Waals surface area contributed by atoms with Gasteiger partial charge in [-0.1, -0.05) is 6.08 Å². The number of hydrogen-bond donors (Lipinski definition) is 1. The Bertz CT molecular complexity index is 278. The second-order valence-electron chi connectivity index (χ2n) is 4.08. The van der Waals surface area contributed by atoms with E-state index in [-0.39, 0.29) is 23.8 Å². The third-order valence-electron chi connectivity index (χ3n) is 2.93. The van der Waals surface area contributed by atoms with E-state index in [2.05, 4.69) is 5.32 Å². The first-order valence-corrected chi connectivity index (χ1v) is 5.68. The van der Waals surface area contributed by atoms with Crippen molar-refractivity contribution < 1.29 is 14.3 Å². The Labute approximate surface area is 96.0 Å². The monoisotopic (exact) mass is 225 g/mol. The molecule has 4 nitrogen and oxygen atoms in total. The molecular weight excluding hydrogens is 206 g/mol. The topological polar surface area (TPSA) is 55.4 Å². The number of hydrogen-bond acceptors (Lipinski definition) is 3. The zero-order chi connectivity index (χ0) is 12.0. The quantitative estimate of drug-likeness (QED) is 0.583. The fraction of sp³-hybridized carbons (Fsp3) is 0.667. The van der Waals surface area contributed by atoms with E-state index in [0.29, 0.717) is 0 Å². The van der Waals surface area contributed by atoms with Gasteiger partial charge in [-0.15, -0.1) is 0 Å². The summed E-state index contributed by atoms with van der Waals surface area (Å²) in [5.74, 6) is -0.165. The minimum atomic E-state index is -0.127. The van der Waals surface area contributed by atoms with Crippen LogP contribution in [0.3, 0.4) is 0 Å². The maximum absolute atomic E-state index is 11.3. The van der Waals surface area contributed by atoms with Crippen molar-refractivity contribution in [2.45, 2.75) is 38.6 Å². The molecule has 0 aromatic carbocycles. The van der Waals surface area contributed by atoms with Crippen molar-refractivity contribution in [1.82, 2.24) is 5.32 Å². The number of ether oxygens (including phenoxy) is 1. The molecule has 0 unspecified atom stereocenters. The number of carbonyl (C=O) groups excluding carboxylic acids is 2. The lowest BCUT2D eigenvalue weighted by atomic mass is 9.86. The summed E-state index contributed by atoms with van der Waals surface area (Å²) in [5, 5.41) is 2.92. The highest BCUT2D eigenvalue weighted by molar-refractivity contribution is 5.87. The van der Waals surface area contributed by atoms with Gasteiger partial charge in [0, 0.05) is 6.04 Å². The van der Waals surface area contributed by atoms with Crippen LogP contribution in [-0.4, -0.2) is 25.0 Å². The zero-order valence-electron chi connectivity index (χ0n) is 9.86. The van der Waals surface area contributed by atoms with Crippen LogP contribution in [0, 0.1) is 5.92 Å². The van der Waals surface area contributed by atoms with Gasteiger partial charge in [0.25, 0.3) is 0 Å². The van der Waals surface area contributed by atoms with Gasteiger partial charge in [-0.25, -0.2) is 0 Å². The molecule has 1 N–H and O–H groups in total. The van der Waals surface area contributed by atoms with Crippen LogP contribution in [0.15, 0.2) is 12.2 Å². The van der Waals surface area contributed by atoms with Crippen LogP contribution in [-0.2, 0) is 14.3 Å².